The Morgan fingerprint density at radius 1 is 1.27 bits per heavy atom. The number of para-hydroxylation sites is 1. The van der Waals surface area contributed by atoms with Crippen LogP contribution in [0.5, 0.6) is 0 Å². The number of nitrogens with zero attached hydrogens (tertiary/aromatic N) is 1. The molecule has 1 heterocycles. The number of hydrazone groups is 1. The minimum absolute atomic E-state index is 0.0375. The van der Waals surface area contributed by atoms with E-state index >= 15 is 0 Å². The quantitative estimate of drug-likeness (QED) is 0.800. The number of nitrogens with one attached hydrogen (secondary N) is 2. The number of amides is 2. The van der Waals surface area contributed by atoms with Crippen LogP contribution in [0.1, 0.15) is 12.8 Å². The maximum absolute atomic E-state index is 13.3. The first kappa shape index (κ1) is 15.5. The van der Waals surface area contributed by atoms with Gasteiger partial charge in [0, 0.05) is 12.8 Å². The van der Waals surface area contributed by atoms with Gasteiger partial charge in [0.05, 0.1) is 0 Å². The molecule has 0 aliphatic carbocycles. The van der Waals surface area contributed by atoms with Crippen LogP contribution >= 0.6 is 0 Å². The number of ether oxygens (including phenoxy) is 1. The average molecular weight is 311 g/mol. The van der Waals surface area contributed by atoms with E-state index in [1.165, 1.54) is 0 Å². The summed E-state index contributed by atoms with van der Waals surface area (Å²) in [5, 5.41) is 5.46. The van der Waals surface area contributed by atoms with Gasteiger partial charge < -0.3 is 10.1 Å². The fourth-order valence-corrected chi connectivity index (χ4v) is 1.63. The molecule has 0 saturated carbocycles. The molecule has 0 saturated heterocycles. The Morgan fingerprint density at radius 3 is 2.55 bits per heavy atom. The van der Waals surface area contributed by atoms with Gasteiger partial charge in [0.1, 0.15) is 23.0 Å². The summed E-state index contributed by atoms with van der Waals surface area (Å²) in [6.45, 7) is -0.737. The number of benzene rings is 1. The van der Waals surface area contributed by atoms with E-state index in [1.807, 2.05) is 5.32 Å². The Balaban J connectivity index is 1.88. The van der Waals surface area contributed by atoms with Crippen LogP contribution in [0.3, 0.4) is 0 Å². The summed E-state index contributed by atoms with van der Waals surface area (Å²) < 4.78 is 31.3. The predicted octanol–water partition coefficient (Wildman–Crippen LogP) is 0.712. The molecule has 0 fully saturated rings. The molecule has 1 aliphatic rings. The van der Waals surface area contributed by atoms with Gasteiger partial charge in [0.25, 0.3) is 5.91 Å². The Labute approximate surface area is 123 Å². The zero-order valence-corrected chi connectivity index (χ0v) is 11.2. The Bertz CT molecular complexity index is 640. The molecule has 0 aromatic heterocycles. The van der Waals surface area contributed by atoms with Crippen LogP contribution in [0.4, 0.5) is 14.5 Å². The summed E-state index contributed by atoms with van der Waals surface area (Å²) in [5.74, 6) is -4.01. The molecule has 0 atom stereocenters. The highest BCUT2D eigenvalue weighted by Crippen LogP contribution is 2.17. The van der Waals surface area contributed by atoms with Crippen molar-refractivity contribution < 1.29 is 27.9 Å². The third kappa shape index (κ3) is 3.84. The number of halogens is 2. The number of carbonyl (C=O) groups is 3. The highest BCUT2D eigenvalue weighted by atomic mass is 19.1. The van der Waals surface area contributed by atoms with Crippen LogP contribution in [0.15, 0.2) is 23.3 Å². The average Bonchev–Trinajstić information content (AvgIpc) is 2.49. The first-order valence-corrected chi connectivity index (χ1v) is 6.24. The van der Waals surface area contributed by atoms with Crippen LogP contribution in [-0.2, 0) is 19.1 Å². The summed E-state index contributed by atoms with van der Waals surface area (Å²) in [6.07, 6.45) is 0.175. The molecule has 2 N–H and O–H groups in total. The minimum Gasteiger partial charge on any atom is -0.451 e. The second-order valence-electron chi connectivity index (χ2n) is 4.31. The van der Waals surface area contributed by atoms with Gasteiger partial charge in [-0.2, -0.15) is 5.10 Å². The lowest BCUT2D eigenvalue weighted by Gasteiger charge is -2.11. The summed E-state index contributed by atoms with van der Waals surface area (Å²) in [7, 11) is 0. The number of hydrogen-bond donors (Lipinski definition) is 2. The van der Waals surface area contributed by atoms with Gasteiger partial charge >= 0.3 is 5.97 Å². The molecule has 2 amide bonds. The third-order valence-electron chi connectivity index (χ3n) is 2.70. The van der Waals surface area contributed by atoms with Crippen LogP contribution < -0.4 is 10.7 Å². The van der Waals surface area contributed by atoms with E-state index in [1.54, 1.807) is 0 Å². The number of esters is 1. The Hall–Kier alpha value is -2.84. The summed E-state index contributed by atoms with van der Waals surface area (Å²) in [5.41, 5.74) is 1.45. The lowest BCUT2D eigenvalue weighted by molar-refractivity contribution is -0.140. The highest BCUT2D eigenvalue weighted by molar-refractivity contribution is 6.37. The van der Waals surface area contributed by atoms with Gasteiger partial charge in [-0.1, -0.05) is 6.07 Å². The van der Waals surface area contributed by atoms with Gasteiger partial charge in [-0.05, 0) is 12.1 Å². The molecule has 0 unspecified atom stereocenters. The van der Waals surface area contributed by atoms with E-state index in [0.717, 1.165) is 18.2 Å². The van der Waals surface area contributed by atoms with Crippen LogP contribution in [0.2, 0.25) is 0 Å². The van der Waals surface area contributed by atoms with E-state index < -0.39 is 35.8 Å². The van der Waals surface area contributed by atoms with Gasteiger partial charge in [-0.3, -0.25) is 9.59 Å². The second-order valence-corrected chi connectivity index (χ2v) is 4.31. The SMILES string of the molecule is O=C1CCC(C(=O)OCC(=O)Nc2c(F)cccc2F)=NN1. The number of carbonyl (C=O) groups excluding carboxylic acids is 3. The molecule has 7 nitrogen and oxygen atoms in total. The van der Waals surface area contributed by atoms with Gasteiger partial charge in [-0.25, -0.2) is 19.0 Å². The fraction of sp³-hybridized carbons (Fsp3) is 0.231. The molecule has 9 heteroatoms. The standard InChI is InChI=1S/C13H11F2N3O4/c14-7-2-1-3-8(15)12(7)16-11(20)6-22-13(21)9-4-5-10(19)18-17-9/h1-3H,4-6H2,(H,16,20)(H,18,19). The number of rotatable bonds is 4. The first-order chi connectivity index (χ1) is 10.5. The predicted molar refractivity (Wildman–Crippen MR) is 70.8 cm³/mol. The van der Waals surface area contributed by atoms with E-state index in [-0.39, 0.29) is 24.5 Å². The highest BCUT2D eigenvalue weighted by Gasteiger charge is 2.21. The van der Waals surface area contributed by atoms with Crippen molar-refractivity contribution in [3.8, 4) is 0 Å². The maximum Gasteiger partial charge on any atom is 0.355 e. The van der Waals surface area contributed by atoms with Crippen LogP contribution in [-0.4, -0.2) is 30.1 Å². The second kappa shape index (κ2) is 6.74. The lowest BCUT2D eigenvalue weighted by Crippen LogP contribution is -2.32. The molecule has 1 aromatic rings. The largest absolute Gasteiger partial charge is 0.451 e. The fourth-order valence-electron chi connectivity index (χ4n) is 1.63. The van der Waals surface area contributed by atoms with Gasteiger partial charge in [0.2, 0.25) is 5.91 Å². The molecular weight excluding hydrogens is 300 g/mol. The minimum atomic E-state index is -0.945. The molecule has 2 rings (SSSR count). The Kier molecular flexibility index (Phi) is 4.77. The van der Waals surface area contributed by atoms with Crippen LogP contribution in [0, 0.1) is 11.6 Å². The molecular formula is C13H11F2N3O4. The van der Waals surface area contributed by atoms with E-state index in [0.29, 0.717) is 0 Å². The zero-order valence-electron chi connectivity index (χ0n) is 11.2. The molecule has 1 aromatic carbocycles. The summed E-state index contributed by atoms with van der Waals surface area (Å²) in [4.78, 5) is 33.9. The van der Waals surface area contributed by atoms with Crippen molar-refractivity contribution in [1.29, 1.82) is 0 Å². The smallest absolute Gasteiger partial charge is 0.355 e. The molecule has 1 aliphatic heterocycles. The van der Waals surface area contributed by atoms with Crippen molar-refractivity contribution in [2.75, 3.05) is 11.9 Å². The maximum atomic E-state index is 13.3. The number of hydrogen-bond acceptors (Lipinski definition) is 5. The molecule has 0 spiro atoms. The monoisotopic (exact) mass is 311 g/mol. The molecule has 116 valence electrons. The summed E-state index contributed by atoms with van der Waals surface area (Å²) in [6, 6.07) is 3.10. The van der Waals surface area contributed by atoms with Crippen molar-refractivity contribution in [3.63, 3.8) is 0 Å². The van der Waals surface area contributed by atoms with E-state index in [2.05, 4.69) is 15.3 Å². The molecule has 0 bridgehead atoms. The summed E-state index contributed by atoms with van der Waals surface area (Å²) >= 11 is 0. The molecule has 22 heavy (non-hydrogen) atoms. The van der Waals surface area contributed by atoms with Crippen molar-refractivity contribution in [1.82, 2.24) is 5.43 Å². The third-order valence-corrected chi connectivity index (χ3v) is 2.70. The lowest BCUT2D eigenvalue weighted by atomic mass is 10.2. The first-order valence-electron chi connectivity index (χ1n) is 6.24. The van der Waals surface area contributed by atoms with Gasteiger partial charge in [0.15, 0.2) is 6.61 Å². The van der Waals surface area contributed by atoms with Crippen molar-refractivity contribution in [2.45, 2.75) is 12.8 Å². The zero-order chi connectivity index (χ0) is 16.1. The van der Waals surface area contributed by atoms with Gasteiger partial charge in [-0.15, -0.1) is 0 Å². The van der Waals surface area contributed by atoms with Crippen molar-refractivity contribution >= 4 is 29.2 Å². The molecule has 0 radical (unpaired) electrons. The number of anilines is 1. The topological polar surface area (TPSA) is 96.9 Å². The van der Waals surface area contributed by atoms with E-state index in [4.69, 9.17) is 0 Å². The van der Waals surface area contributed by atoms with E-state index in [9.17, 15) is 23.2 Å². The normalized spacial score (nSPS) is 13.9. The van der Waals surface area contributed by atoms with Crippen molar-refractivity contribution in [2.24, 2.45) is 5.10 Å². The van der Waals surface area contributed by atoms with Crippen molar-refractivity contribution in [3.05, 3.63) is 29.8 Å². The van der Waals surface area contributed by atoms with Crippen LogP contribution in [0.25, 0.3) is 0 Å². The Morgan fingerprint density at radius 2 is 1.95 bits per heavy atom.